The highest BCUT2D eigenvalue weighted by Gasteiger charge is 2.26. The Labute approximate surface area is 190 Å². The van der Waals surface area contributed by atoms with Crippen molar-refractivity contribution in [2.75, 3.05) is 13.7 Å². The summed E-state index contributed by atoms with van der Waals surface area (Å²) in [5.41, 5.74) is 0.859. The van der Waals surface area contributed by atoms with Gasteiger partial charge in [0.1, 0.15) is 0 Å². The standard InChI is InChI=1S/C20H16ClIN2O6/c1-3-6-29-18-15(22)7-11(9-17(18)28-2)8-16-20(25)30-19(23-16)13-5-4-12(24(26)27)10-14(13)21/h4-5,7-10H,3,6H2,1-2H3/b16-8-. The summed E-state index contributed by atoms with van der Waals surface area (Å²) in [4.78, 5) is 26.8. The molecule has 10 heteroatoms. The van der Waals surface area contributed by atoms with Gasteiger partial charge in [-0.05, 0) is 58.9 Å². The average molecular weight is 543 g/mol. The molecule has 0 aliphatic carbocycles. The van der Waals surface area contributed by atoms with Crippen molar-refractivity contribution in [3.63, 3.8) is 0 Å². The van der Waals surface area contributed by atoms with Gasteiger partial charge in [0.05, 0.1) is 32.8 Å². The molecule has 2 aromatic rings. The lowest BCUT2D eigenvalue weighted by atomic mass is 10.1. The zero-order chi connectivity index (χ0) is 21.8. The van der Waals surface area contributed by atoms with Crippen molar-refractivity contribution < 1.29 is 23.9 Å². The topological polar surface area (TPSA) is 100 Å². The van der Waals surface area contributed by atoms with Gasteiger partial charge in [0.15, 0.2) is 17.2 Å². The van der Waals surface area contributed by atoms with E-state index in [1.54, 1.807) is 12.1 Å². The number of nitro benzene ring substituents is 1. The summed E-state index contributed by atoms with van der Waals surface area (Å²) in [6, 6.07) is 7.40. The maximum Gasteiger partial charge on any atom is 0.363 e. The van der Waals surface area contributed by atoms with Crippen LogP contribution in [0.2, 0.25) is 5.02 Å². The zero-order valence-electron chi connectivity index (χ0n) is 16.0. The highest BCUT2D eigenvalue weighted by Crippen LogP contribution is 2.35. The molecule has 3 rings (SSSR count). The van der Waals surface area contributed by atoms with Crippen molar-refractivity contribution >= 4 is 57.8 Å². The van der Waals surface area contributed by atoms with Crippen LogP contribution in [0.3, 0.4) is 0 Å². The van der Waals surface area contributed by atoms with Crippen LogP contribution >= 0.6 is 34.2 Å². The van der Waals surface area contributed by atoms with Gasteiger partial charge < -0.3 is 14.2 Å². The second-order valence-electron chi connectivity index (χ2n) is 6.14. The summed E-state index contributed by atoms with van der Waals surface area (Å²) in [7, 11) is 1.54. The fraction of sp³-hybridized carbons (Fsp3) is 0.200. The summed E-state index contributed by atoms with van der Waals surface area (Å²) >= 11 is 8.23. The van der Waals surface area contributed by atoms with E-state index in [-0.39, 0.29) is 27.9 Å². The van der Waals surface area contributed by atoms with Gasteiger partial charge >= 0.3 is 5.97 Å². The first-order valence-corrected chi connectivity index (χ1v) is 10.3. The average Bonchev–Trinajstić information content (AvgIpc) is 3.06. The van der Waals surface area contributed by atoms with Crippen molar-refractivity contribution in [1.29, 1.82) is 0 Å². The van der Waals surface area contributed by atoms with Crippen molar-refractivity contribution in [2.45, 2.75) is 13.3 Å². The molecule has 0 saturated carbocycles. The SMILES string of the molecule is CCCOc1c(I)cc(/C=C2\N=C(c3ccc([N+](=O)[O-])cc3Cl)OC2=O)cc1OC. The van der Waals surface area contributed by atoms with Gasteiger partial charge in [-0.3, -0.25) is 10.1 Å². The van der Waals surface area contributed by atoms with E-state index in [1.807, 2.05) is 13.0 Å². The number of methoxy groups -OCH3 is 1. The molecule has 0 unspecified atom stereocenters. The molecule has 0 atom stereocenters. The number of hydrogen-bond acceptors (Lipinski definition) is 7. The van der Waals surface area contributed by atoms with Crippen molar-refractivity contribution in [1.82, 2.24) is 0 Å². The van der Waals surface area contributed by atoms with Gasteiger partial charge in [-0.15, -0.1) is 0 Å². The third-order valence-corrected chi connectivity index (χ3v) is 5.13. The minimum atomic E-state index is -0.653. The first kappa shape index (κ1) is 22.0. The molecule has 0 saturated heterocycles. The molecule has 0 radical (unpaired) electrons. The lowest BCUT2D eigenvalue weighted by molar-refractivity contribution is -0.384. The Balaban J connectivity index is 1.94. The van der Waals surface area contributed by atoms with Crippen LogP contribution in [0.1, 0.15) is 24.5 Å². The molecular formula is C20H16ClIN2O6. The number of rotatable bonds is 7. The number of halogens is 2. The fourth-order valence-electron chi connectivity index (χ4n) is 2.64. The Hall–Kier alpha value is -2.66. The van der Waals surface area contributed by atoms with Crippen molar-refractivity contribution in [3.05, 3.63) is 65.9 Å². The van der Waals surface area contributed by atoms with Gasteiger partial charge in [-0.25, -0.2) is 9.79 Å². The Morgan fingerprint density at radius 2 is 2.10 bits per heavy atom. The maximum absolute atomic E-state index is 12.3. The fourth-order valence-corrected chi connectivity index (χ4v) is 3.68. The highest BCUT2D eigenvalue weighted by atomic mass is 127. The monoisotopic (exact) mass is 542 g/mol. The minimum Gasteiger partial charge on any atom is -0.493 e. The number of cyclic esters (lactones) is 1. The number of benzene rings is 2. The van der Waals surface area contributed by atoms with E-state index in [0.29, 0.717) is 23.7 Å². The normalized spacial score (nSPS) is 14.5. The van der Waals surface area contributed by atoms with E-state index < -0.39 is 10.9 Å². The molecule has 0 amide bonds. The van der Waals surface area contributed by atoms with E-state index in [1.165, 1.54) is 25.3 Å². The molecule has 8 nitrogen and oxygen atoms in total. The molecule has 0 fully saturated rings. The highest BCUT2D eigenvalue weighted by molar-refractivity contribution is 14.1. The lowest BCUT2D eigenvalue weighted by Gasteiger charge is -2.13. The first-order valence-electron chi connectivity index (χ1n) is 8.81. The third kappa shape index (κ3) is 4.73. The second-order valence-corrected chi connectivity index (χ2v) is 7.71. The molecule has 2 aromatic carbocycles. The zero-order valence-corrected chi connectivity index (χ0v) is 18.9. The second kappa shape index (κ2) is 9.43. The van der Waals surface area contributed by atoms with Crippen LogP contribution < -0.4 is 9.47 Å². The molecule has 0 bridgehead atoms. The summed E-state index contributed by atoms with van der Waals surface area (Å²) in [5.74, 6) is 0.504. The number of esters is 1. The number of aliphatic imine (C=N–C) groups is 1. The van der Waals surface area contributed by atoms with Gasteiger partial charge in [0.2, 0.25) is 5.90 Å². The molecule has 0 N–H and O–H groups in total. The Morgan fingerprint density at radius 1 is 1.33 bits per heavy atom. The van der Waals surface area contributed by atoms with Gasteiger partial charge in [0.25, 0.3) is 5.69 Å². The van der Waals surface area contributed by atoms with Crippen LogP contribution in [0.4, 0.5) is 5.69 Å². The maximum atomic E-state index is 12.3. The predicted octanol–water partition coefficient (Wildman–Crippen LogP) is 4.99. The van der Waals surface area contributed by atoms with Crippen LogP contribution in [0.5, 0.6) is 11.5 Å². The molecule has 1 aliphatic heterocycles. The van der Waals surface area contributed by atoms with Crippen molar-refractivity contribution in [3.8, 4) is 11.5 Å². The number of nitrogens with zero attached hydrogens (tertiary/aromatic N) is 2. The number of non-ortho nitro benzene ring substituents is 1. The minimum absolute atomic E-state index is 0.0179. The molecule has 0 aromatic heterocycles. The Morgan fingerprint density at radius 3 is 2.73 bits per heavy atom. The van der Waals surface area contributed by atoms with Gasteiger partial charge in [-0.2, -0.15) is 0 Å². The summed E-state index contributed by atoms with van der Waals surface area (Å²) in [6.07, 6.45) is 2.42. The molecule has 0 spiro atoms. The number of ether oxygens (including phenoxy) is 3. The number of carbonyl (C=O) groups is 1. The van der Waals surface area contributed by atoms with Gasteiger partial charge in [-0.1, -0.05) is 18.5 Å². The van der Waals surface area contributed by atoms with Crippen LogP contribution in [0.25, 0.3) is 6.08 Å². The van der Waals surface area contributed by atoms with E-state index in [9.17, 15) is 14.9 Å². The number of nitro groups is 1. The third-order valence-electron chi connectivity index (χ3n) is 4.02. The predicted molar refractivity (Wildman–Crippen MR) is 120 cm³/mol. The number of hydrogen-bond donors (Lipinski definition) is 0. The first-order chi connectivity index (χ1) is 14.3. The molecule has 1 heterocycles. The largest absolute Gasteiger partial charge is 0.493 e. The number of carbonyl (C=O) groups excluding carboxylic acids is 1. The Kier molecular flexibility index (Phi) is 6.93. The summed E-state index contributed by atoms with van der Waals surface area (Å²) < 4.78 is 17.2. The Bertz CT molecular complexity index is 1080. The quantitative estimate of drug-likeness (QED) is 0.161. The smallest absolute Gasteiger partial charge is 0.363 e. The van der Waals surface area contributed by atoms with E-state index in [0.717, 1.165) is 9.99 Å². The molecule has 156 valence electrons. The van der Waals surface area contributed by atoms with E-state index in [4.69, 9.17) is 25.8 Å². The van der Waals surface area contributed by atoms with Gasteiger partial charge in [0, 0.05) is 12.1 Å². The van der Waals surface area contributed by atoms with Crippen LogP contribution in [0, 0.1) is 13.7 Å². The molecular weight excluding hydrogens is 527 g/mol. The van der Waals surface area contributed by atoms with Crippen LogP contribution in [-0.2, 0) is 9.53 Å². The van der Waals surface area contributed by atoms with E-state index >= 15 is 0 Å². The summed E-state index contributed by atoms with van der Waals surface area (Å²) in [5, 5.41) is 10.9. The molecule has 1 aliphatic rings. The van der Waals surface area contributed by atoms with Crippen molar-refractivity contribution in [2.24, 2.45) is 4.99 Å². The lowest BCUT2D eigenvalue weighted by Crippen LogP contribution is -2.06. The van der Waals surface area contributed by atoms with Crippen LogP contribution in [-0.4, -0.2) is 30.5 Å². The van der Waals surface area contributed by atoms with E-state index in [2.05, 4.69) is 27.6 Å². The summed E-state index contributed by atoms with van der Waals surface area (Å²) in [6.45, 7) is 2.57. The van der Waals surface area contributed by atoms with Crippen LogP contribution in [0.15, 0.2) is 41.0 Å². The molecule has 30 heavy (non-hydrogen) atoms.